The van der Waals surface area contributed by atoms with E-state index in [2.05, 4.69) is 36.9 Å². The Kier molecular flexibility index (Phi) is 6.14. The number of aromatic amines is 1. The molecule has 0 aliphatic heterocycles. The summed E-state index contributed by atoms with van der Waals surface area (Å²) in [5.74, 6) is 8.05. The molecule has 0 unspecified atom stereocenters. The highest BCUT2D eigenvalue weighted by Crippen LogP contribution is 2.33. The lowest BCUT2D eigenvalue weighted by atomic mass is 10.2. The quantitative estimate of drug-likeness (QED) is 0.172. The van der Waals surface area contributed by atoms with E-state index in [-0.39, 0.29) is 24.2 Å². The lowest BCUT2D eigenvalue weighted by molar-refractivity contribution is -0.119. The molecule has 164 valence electrons. The van der Waals surface area contributed by atoms with Crippen LogP contribution in [0.25, 0.3) is 0 Å². The van der Waals surface area contributed by atoms with Crippen molar-refractivity contribution in [3.05, 3.63) is 47.8 Å². The number of carbonyl (C=O) groups excluding carboxylic acids is 1. The summed E-state index contributed by atoms with van der Waals surface area (Å²) in [5.41, 5.74) is 1.32. The number of hydrogen-bond donors (Lipinski definition) is 4. The minimum atomic E-state index is -0.161. The van der Waals surface area contributed by atoms with Crippen molar-refractivity contribution >= 4 is 29.2 Å². The second-order valence-corrected chi connectivity index (χ2v) is 7.35. The molecule has 0 bridgehead atoms. The minimum absolute atomic E-state index is 0.0294. The molecule has 5 N–H and O–H groups in total. The zero-order valence-corrected chi connectivity index (χ0v) is 17.5. The number of amides is 1. The van der Waals surface area contributed by atoms with Gasteiger partial charge < -0.3 is 15.4 Å². The smallest absolute Gasteiger partial charge is 0.245 e. The number of ether oxygens (including phenoxy) is 1. The third-order valence-corrected chi connectivity index (χ3v) is 4.77. The number of nitrogens with one attached hydrogen (secondary N) is 3. The fraction of sp³-hybridized carbons (Fsp3) is 0.286. The van der Waals surface area contributed by atoms with E-state index in [9.17, 15) is 10.1 Å². The van der Waals surface area contributed by atoms with Gasteiger partial charge in [-0.3, -0.25) is 9.89 Å². The molecule has 3 aromatic heterocycles. The van der Waals surface area contributed by atoms with Crippen LogP contribution in [0.5, 0.6) is 5.75 Å². The van der Waals surface area contributed by atoms with Crippen LogP contribution in [0, 0.1) is 24.2 Å². The maximum absolute atomic E-state index is 12.2. The van der Waals surface area contributed by atoms with E-state index >= 15 is 0 Å². The zero-order valence-electron chi connectivity index (χ0n) is 17.5. The fourth-order valence-electron chi connectivity index (χ4n) is 3.00. The van der Waals surface area contributed by atoms with Crippen LogP contribution in [0.2, 0.25) is 0 Å². The molecule has 0 spiro atoms. The first-order valence-electron chi connectivity index (χ1n) is 10.2. The predicted octanol–water partition coefficient (Wildman–Crippen LogP) is 2.23. The number of hydrazine groups is 1. The van der Waals surface area contributed by atoms with Gasteiger partial charge in [0.05, 0.1) is 12.1 Å². The van der Waals surface area contributed by atoms with E-state index in [4.69, 9.17) is 10.6 Å². The van der Waals surface area contributed by atoms with Gasteiger partial charge in [0.2, 0.25) is 5.91 Å². The van der Waals surface area contributed by atoms with Gasteiger partial charge in [-0.25, -0.2) is 20.8 Å². The van der Waals surface area contributed by atoms with Crippen molar-refractivity contribution in [3.8, 4) is 11.8 Å². The van der Waals surface area contributed by atoms with Gasteiger partial charge in [-0.05, 0) is 44.0 Å². The van der Waals surface area contributed by atoms with Crippen LogP contribution in [-0.2, 0) is 4.79 Å². The number of aryl methyl sites for hydroxylation is 1. The van der Waals surface area contributed by atoms with Gasteiger partial charge in [-0.2, -0.15) is 10.4 Å². The highest BCUT2D eigenvalue weighted by Gasteiger charge is 2.34. The molecule has 1 aliphatic carbocycles. The number of rotatable bonds is 9. The largest absolute Gasteiger partial charge is 0.488 e. The molecule has 1 aliphatic rings. The average molecular weight is 433 g/mol. The van der Waals surface area contributed by atoms with Crippen molar-refractivity contribution in [2.24, 2.45) is 11.8 Å². The summed E-state index contributed by atoms with van der Waals surface area (Å²) in [4.78, 5) is 20.9. The summed E-state index contributed by atoms with van der Waals surface area (Å²) in [7, 11) is 0. The van der Waals surface area contributed by atoms with Gasteiger partial charge in [0.15, 0.2) is 17.4 Å². The zero-order chi connectivity index (χ0) is 22.5. The van der Waals surface area contributed by atoms with E-state index in [1.54, 1.807) is 30.5 Å². The molecule has 0 aromatic carbocycles. The third kappa shape index (κ3) is 4.93. The lowest BCUT2D eigenvalue weighted by Crippen LogP contribution is -2.39. The van der Waals surface area contributed by atoms with Crippen LogP contribution in [0.15, 0.2) is 36.5 Å². The Morgan fingerprint density at radius 1 is 1.38 bits per heavy atom. The van der Waals surface area contributed by atoms with Crippen molar-refractivity contribution in [2.75, 3.05) is 28.8 Å². The Morgan fingerprint density at radius 2 is 2.22 bits per heavy atom. The molecule has 1 saturated carbocycles. The molecule has 4 rings (SSSR count). The number of nitrogens with two attached hydrogens (primary N) is 1. The lowest BCUT2D eigenvalue weighted by Gasteiger charge is -2.18. The van der Waals surface area contributed by atoms with Crippen LogP contribution < -0.4 is 26.2 Å². The SMILES string of the molecule is Cc1cc(Nc2ccc(C#N)c(NCCOc3cccnc3N(N)C(=O)C3CC3)n2)n[nH]1. The molecule has 1 fully saturated rings. The number of H-pyrrole nitrogens is 1. The van der Waals surface area contributed by atoms with Crippen LogP contribution in [0.4, 0.5) is 23.3 Å². The van der Waals surface area contributed by atoms with E-state index in [0.717, 1.165) is 23.5 Å². The summed E-state index contributed by atoms with van der Waals surface area (Å²) < 4.78 is 5.79. The number of hydrogen-bond acceptors (Lipinski definition) is 9. The van der Waals surface area contributed by atoms with Crippen LogP contribution in [0.1, 0.15) is 24.1 Å². The first kappa shape index (κ1) is 21.1. The van der Waals surface area contributed by atoms with E-state index in [1.807, 2.05) is 13.0 Å². The summed E-state index contributed by atoms with van der Waals surface area (Å²) in [6.07, 6.45) is 3.26. The molecular formula is C21H23N9O2. The second kappa shape index (κ2) is 9.32. The monoisotopic (exact) mass is 433 g/mol. The molecule has 0 saturated heterocycles. The van der Waals surface area contributed by atoms with Gasteiger partial charge >= 0.3 is 0 Å². The van der Waals surface area contributed by atoms with Gasteiger partial charge in [-0.15, -0.1) is 0 Å². The Bertz CT molecular complexity index is 1150. The molecular weight excluding hydrogens is 410 g/mol. The molecule has 32 heavy (non-hydrogen) atoms. The van der Waals surface area contributed by atoms with Crippen molar-refractivity contribution in [3.63, 3.8) is 0 Å². The van der Waals surface area contributed by atoms with Crippen LogP contribution in [-0.4, -0.2) is 39.2 Å². The third-order valence-electron chi connectivity index (χ3n) is 4.77. The average Bonchev–Trinajstić information content (AvgIpc) is 3.58. The Balaban J connectivity index is 1.37. The fourth-order valence-corrected chi connectivity index (χ4v) is 3.00. The molecule has 0 radical (unpaired) electrons. The maximum atomic E-state index is 12.2. The number of nitriles is 1. The van der Waals surface area contributed by atoms with E-state index in [0.29, 0.717) is 35.3 Å². The number of carbonyl (C=O) groups is 1. The molecule has 11 nitrogen and oxygen atoms in total. The molecule has 3 heterocycles. The maximum Gasteiger partial charge on any atom is 0.245 e. The summed E-state index contributed by atoms with van der Waals surface area (Å²) in [5, 5.41) is 23.6. The normalized spacial score (nSPS) is 12.7. The van der Waals surface area contributed by atoms with Gasteiger partial charge in [0.25, 0.3) is 0 Å². The molecule has 1 amide bonds. The number of pyridine rings is 2. The highest BCUT2D eigenvalue weighted by molar-refractivity contribution is 5.95. The first-order chi connectivity index (χ1) is 15.5. The summed E-state index contributed by atoms with van der Waals surface area (Å²) in [6.45, 7) is 2.51. The van der Waals surface area contributed by atoms with Gasteiger partial charge in [0.1, 0.15) is 24.3 Å². The first-order valence-corrected chi connectivity index (χ1v) is 10.2. The van der Waals surface area contributed by atoms with Crippen molar-refractivity contribution < 1.29 is 9.53 Å². The molecule has 0 atom stereocenters. The second-order valence-electron chi connectivity index (χ2n) is 7.35. The number of aromatic nitrogens is 4. The standard InChI is InChI=1S/C21H23N9O2/c1-13-11-18(29-28-13)26-17-7-6-15(12-22)19(27-17)24-9-10-32-16-3-2-8-25-20(16)30(23)21(31)14-4-5-14/h2-3,6-8,11,14H,4-5,9-10,23H2,1H3,(H3,24,26,27,28,29). The summed E-state index contributed by atoms with van der Waals surface area (Å²) >= 11 is 0. The van der Waals surface area contributed by atoms with Crippen LogP contribution in [0.3, 0.4) is 0 Å². The molecule has 11 heteroatoms. The van der Waals surface area contributed by atoms with Crippen molar-refractivity contribution in [1.82, 2.24) is 20.2 Å². The van der Waals surface area contributed by atoms with Crippen LogP contribution >= 0.6 is 0 Å². The van der Waals surface area contributed by atoms with Crippen molar-refractivity contribution in [2.45, 2.75) is 19.8 Å². The number of nitrogens with zero attached hydrogens (tertiary/aromatic N) is 5. The predicted molar refractivity (Wildman–Crippen MR) is 118 cm³/mol. The topological polar surface area (TPSA) is 158 Å². The summed E-state index contributed by atoms with van der Waals surface area (Å²) in [6, 6.07) is 10.8. The Morgan fingerprint density at radius 3 is 2.94 bits per heavy atom. The van der Waals surface area contributed by atoms with Gasteiger partial charge in [0, 0.05) is 23.9 Å². The number of anilines is 4. The highest BCUT2D eigenvalue weighted by atomic mass is 16.5. The Hall–Kier alpha value is -4.17. The minimum Gasteiger partial charge on any atom is -0.488 e. The molecule has 3 aromatic rings. The van der Waals surface area contributed by atoms with Crippen molar-refractivity contribution in [1.29, 1.82) is 5.26 Å². The van der Waals surface area contributed by atoms with Gasteiger partial charge in [-0.1, -0.05) is 0 Å². The van der Waals surface area contributed by atoms with E-state index < -0.39 is 0 Å². The Labute approximate surface area is 184 Å². The van der Waals surface area contributed by atoms with E-state index in [1.165, 1.54) is 0 Å².